The molecule has 0 saturated carbocycles. The average Bonchev–Trinajstić information content (AvgIpc) is 2.36. The first-order chi connectivity index (χ1) is 8.13. The highest BCUT2D eigenvalue weighted by atomic mass is 19.1. The molecular formula is C12H14BFO3. The molecule has 0 radical (unpaired) electrons. The highest BCUT2D eigenvalue weighted by Gasteiger charge is 2.13. The van der Waals surface area contributed by atoms with Gasteiger partial charge in [-0.3, -0.25) is 0 Å². The second-order valence-electron chi connectivity index (χ2n) is 3.96. The van der Waals surface area contributed by atoms with Gasteiger partial charge in [-0.2, -0.15) is 0 Å². The molecule has 0 amide bonds. The zero-order valence-electron chi connectivity index (χ0n) is 9.64. The minimum Gasteiger partial charge on any atom is -0.463 e. The Kier molecular flexibility index (Phi) is 5.40. The van der Waals surface area contributed by atoms with E-state index in [1.807, 2.05) is 0 Å². The van der Waals surface area contributed by atoms with Gasteiger partial charge in [-0.25, -0.2) is 9.18 Å². The minimum absolute atomic E-state index is 0.0750. The lowest BCUT2D eigenvalue weighted by Gasteiger charge is -2.12. The van der Waals surface area contributed by atoms with E-state index in [-0.39, 0.29) is 25.1 Å². The molecule has 1 rings (SSSR count). The Balaban J connectivity index is 2.36. The van der Waals surface area contributed by atoms with Crippen LogP contribution >= 0.6 is 0 Å². The molecule has 0 unspecified atom stereocenters. The van der Waals surface area contributed by atoms with Gasteiger partial charge in [-0.1, -0.05) is 18.2 Å². The van der Waals surface area contributed by atoms with Crippen LogP contribution in [0.2, 0.25) is 5.82 Å². The number of halogens is 1. The van der Waals surface area contributed by atoms with Crippen LogP contribution in [0.5, 0.6) is 0 Å². The lowest BCUT2D eigenvalue weighted by Crippen LogP contribution is -2.14. The number of hydrogen-bond donors (Lipinski definition) is 0. The quantitative estimate of drug-likeness (QED) is 0.423. The Morgan fingerprint density at radius 2 is 2.06 bits per heavy atom. The van der Waals surface area contributed by atoms with Crippen molar-refractivity contribution in [1.82, 2.24) is 0 Å². The molecule has 0 aliphatic rings. The molecule has 0 saturated heterocycles. The maximum absolute atomic E-state index is 12.7. The van der Waals surface area contributed by atoms with Crippen LogP contribution in [0.3, 0.4) is 0 Å². The van der Waals surface area contributed by atoms with Gasteiger partial charge in [-0.15, -0.1) is 0 Å². The summed E-state index contributed by atoms with van der Waals surface area (Å²) in [4.78, 5) is 21.6. The van der Waals surface area contributed by atoms with Crippen molar-refractivity contribution in [2.24, 2.45) is 0 Å². The molecule has 0 aliphatic heterocycles. The van der Waals surface area contributed by atoms with Crippen LogP contribution in [-0.2, 0) is 9.53 Å². The van der Waals surface area contributed by atoms with E-state index >= 15 is 0 Å². The summed E-state index contributed by atoms with van der Waals surface area (Å²) in [5.74, 6) is -0.609. The van der Waals surface area contributed by atoms with Crippen molar-refractivity contribution in [3.63, 3.8) is 0 Å². The van der Waals surface area contributed by atoms with Gasteiger partial charge in [0, 0.05) is 0 Å². The van der Waals surface area contributed by atoms with Crippen LogP contribution in [-0.4, -0.2) is 32.9 Å². The van der Waals surface area contributed by atoms with Crippen molar-refractivity contribution in [2.45, 2.75) is 18.4 Å². The highest BCUT2D eigenvalue weighted by molar-refractivity contribution is 6.12. The van der Waals surface area contributed by atoms with Crippen LogP contribution in [0, 0.1) is 0 Å². The summed E-state index contributed by atoms with van der Waals surface area (Å²) in [6, 6.07) is 8.58. The second-order valence-corrected chi connectivity index (χ2v) is 3.96. The van der Waals surface area contributed by atoms with Crippen molar-refractivity contribution in [2.75, 3.05) is 6.61 Å². The SMILES string of the molecule is B[C@@H](COC(=O)c1ccccc1)C[C@H](F)C=O. The van der Waals surface area contributed by atoms with E-state index in [4.69, 9.17) is 4.74 Å². The summed E-state index contributed by atoms with van der Waals surface area (Å²) in [6.45, 7) is 0.113. The first kappa shape index (κ1) is 13.4. The third-order valence-electron chi connectivity index (χ3n) is 2.28. The van der Waals surface area contributed by atoms with Crippen molar-refractivity contribution in [3.8, 4) is 0 Å². The third-order valence-corrected chi connectivity index (χ3v) is 2.28. The number of carbonyl (C=O) groups excluding carboxylic acids is 2. The second kappa shape index (κ2) is 6.83. The number of ether oxygens (including phenoxy) is 1. The number of alkyl halides is 1. The van der Waals surface area contributed by atoms with Crippen LogP contribution in [0.25, 0.3) is 0 Å². The number of hydrogen-bond acceptors (Lipinski definition) is 3. The molecule has 0 heterocycles. The van der Waals surface area contributed by atoms with E-state index in [9.17, 15) is 14.0 Å². The topological polar surface area (TPSA) is 43.4 Å². The smallest absolute Gasteiger partial charge is 0.338 e. The number of benzene rings is 1. The van der Waals surface area contributed by atoms with Crippen molar-refractivity contribution >= 4 is 20.1 Å². The normalized spacial score (nSPS) is 13.7. The van der Waals surface area contributed by atoms with Crippen molar-refractivity contribution in [3.05, 3.63) is 35.9 Å². The fraction of sp³-hybridized carbons (Fsp3) is 0.333. The van der Waals surface area contributed by atoms with Gasteiger partial charge in [0.05, 0.1) is 12.2 Å². The molecule has 0 spiro atoms. The molecule has 5 heteroatoms. The maximum Gasteiger partial charge on any atom is 0.338 e. The van der Waals surface area contributed by atoms with E-state index < -0.39 is 12.1 Å². The lowest BCUT2D eigenvalue weighted by atomic mass is 9.84. The van der Waals surface area contributed by atoms with Gasteiger partial charge in [-0.05, 0) is 24.4 Å². The molecule has 0 bridgehead atoms. The summed E-state index contributed by atoms with van der Waals surface area (Å²) < 4.78 is 17.7. The monoisotopic (exact) mass is 236 g/mol. The summed E-state index contributed by atoms with van der Waals surface area (Å²) >= 11 is 0. The summed E-state index contributed by atoms with van der Waals surface area (Å²) in [6.07, 6.45) is -1.15. The molecular weight excluding hydrogens is 222 g/mol. The zero-order chi connectivity index (χ0) is 12.7. The number of aldehydes is 1. The van der Waals surface area contributed by atoms with E-state index in [0.717, 1.165) is 0 Å². The van der Waals surface area contributed by atoms with Gasteiger partial charge in [0.2, 0.25) is 0 Å². The fourth-order valence-electron chi connectivity index (χ4n) is 1.38. The zero-order valence-corrected chi connectivity index (χ0v) is 9.64. The van der Waals surface area contributed by atoms with E-state index in [1.54, 1.807) is 38.2 Å². The van der Waals surface area contributed by atoms with Crippen LogP contribution < -0.4 is 0 Å². The molecule has 2 atom stereocenters. The Morgan fingerprint density at radius 1 is 1.41 bits per heavy atom. The van der Waals surface area contributed by atoms with E-state index in [0.29, 0.717) is 5.56 Å². The Labute approximate surface area is 100 Å². The standard InChI is InChI=1S/C12H14BFO3/c13-10(6-11(14)7-15)8-17-12(16)9-4-2-1-3-5-9/h1-5,7,10-11H,6,8,13H2/t10-,11+/m1/s1. The van der Waals surface area contributed by atoms with Crippen molar-refractivity contribution in [1.29, 1.82) is 0 Å². The van der Waals surface area contributed by atoms with Gasteiger partial charge in [0.25, 0.3) is 0 Å². The van der Waals surface area contributed by atoms with Crippen LogP contribution in [0.15, 0.2) is 30.3 Å². The van der Waals surface area contributed by atoms with Gasteiger partial charge < -0.3 is 9.53 Å². The number of esters is 1. The van der Waals surface area contributed by atoms with Crippen molar-refractivity contribution < 1.29 is 18.7 Å². The molecule has 0 fully saturated rings. The third kappa shape index (κ3) is 4.80. The molecule has 3 nitrogen and oxygen atoms in total. The van der Waals surface area contributed by atoms with Crippen LogP contribution in [0.4, 0.5) is 4.39 Å². The van der Waals surface area contributed by atoms with Crippen LogP contribution in [0.1, 0.15) is 16.8 Å². The van der Waals surface area contributed by atoms with E-state index in [1.165, 1.54) is 0 Å². The maximum atomic E-state index is 12.7. The summed E-state index contributed by atoms with van der Waals surface area (Å²) in [5, 5.41) is 0. The van der Waals surface area contributed by atoms with Gasteiger partial charge >= 0.3 is 5.97 Å². The van der Waals surface area contributed by atoms with Gasteiger partial charge in [0.1, 0.15) is 7.85 Å². The molecule has 1 aromatic rings. The molecule has 90 valence electrons. The Bertz CT molecular complexity index is 369. The predicted octanol–water partition coefficient (Wildman–Crippen LogP) is 1.19. The number of rotatable bonds is 6. The first-order valence-corrected chi connectivity index (χ1v) is 5.45. The van der Waals surface area contributed by atoms with E-state index in [2.05, 4.69) is 0 Å². The minimum atomic E-state index is -1.49. The van der Waals surface area contributed by atoms with Gasteiger partial charge in [0.15, 0.2) is 12.5 Å². The molecule has 0 N–H and O–H groups in total. The fourth-order valence-corrected chi connectivity index (χ4v) is 1.38. The molecule has 17 heavy (non-hydrogen) atoms. The Morgan fingerprint density at radius 3 is 2.65 bits per heavy atom. The lowest BCUT2D eigenvalue weighted by molar-refractivity contribution is -0.112. The Hall–Kier alpha value is -1.65. The molecule has 1 aromatic carbocycles. The summed E-state index contributed by atoms with van der Waals surface area (Å²) in [7, 11) is 1.73. The highest BCUT2D eigenvalue weighted by Crippen LogP contribution is 2.12. The number of carbonyl (C=O) groups is 2. The molecule has 0 aromatic heterocycles. The average molecular weight is 236 g/mol. The molecule has 0 aliphatic carbocycles. The first-order valence-electron chi connectivity index (χ1n) is 5.45. The predicted molar refractivity (Wildman–Crippen MR) is 64.6 cm³/mol. The largest absolute Gasteiger partial charge is 0.463 e. The summed E-state index contributed by atoms with van der Waals surface area (Å²) in [5.41, 5.74) is 0.465.